The monoisotopic (exact) mass is 246 g/mol. The van der Waals surface area contributed by atoms with E-state index in [2.05, 4.69) is 43.9 Å². The molecular weight excluding hydrogens is 220 g/mol. The Balaban J connectivity index is 2.10. The van der Waals surface area contributed by atoms with Crippen LogP contribution in [0.4, 0.5) is 11.4 Å². The van der Waals surface area contributed by atoms with E-state index in [1.54, 1.807) is 0 Å². The Morgan fingerprint density at radius 1 is 1.22 bits per heavy atom. The van der Waals surface area contributed by atoms with Crippen LogP contribution >= 0.6 is 0 Å². The van der Waals surface area contributed by atoms with Gasteiger partial charge in [-0.1, -0.05) is 19.9 Å². The lowest BCUT2D eigenvalue weighted by Crippen LogP contribution is -2.25. The minimum atomic E-state index is 0.806. The quantitative estimate of drug-likeness (QED) is 0.803. The molecule has 1 aliphatic rings. The van der Waals surface area contributed by atoms with Crippen molar-refractivity contribution in [2.45, 2.75) is 40.0 Å². The van der Waals surface area contributed by atoms with Crippen molar-refractivity contribution in [3.8, 4) is 0 Å². The van der Waals surface area contributed by atoms with Crippen molar-refractivity contribution in [3.05, 3.63) is 23.8 Å². The minimum absolute atomic E-state index is 0.806. The van der Waals surface area contributed by atoms with Gasteiger partial charge in [0.1, 0.15) is 0 Å². The highest BCUT2D eigenvalue weighted by atomic mass is 15.1. The van der Waals surface area contributed by atoms with Crippen LogP contribution in [0.3, 0.4) is 0 Å². The summed E-state index contributed by atoms with van der Waals surface area (Å²) in [6.45, 7) is 9.09. The topological polar surface area (TPSA) is 29.3 Å². The number of nitrogens with zero attached hydrogens (tertiary/aromatic N) is 1. The second-order valence-corrected chi connectivity index (χ2v) is 5.98. The number of hydrogen-bond donors (Lipinski definition) is 1. The van der Waals surface area contributed by atoms with Crippen molar-refractivity contribution >= 4 is 11.4 Å². The Morgan fingerprint density at radius 3 is 2.67 bits per heavy atom. The van der Waals surface area contributed by atoms with Gasteiger partial charge in [-0.2, -0.15) is 0 Å². The van der Waals surface area contributed by atoms with E-state index in [9.17, 15) is 0 Å². The maximum atomic E-state index is 6.16. The number of benzene rings is 1. The number of rotatable bonds is 2. The molecule has 0 saturated carbocycles. The van der Waals surface area contributed by atoms with Crippen LogP contribution in [0.25, 0.3) is 0 Å². The Morgan fingerprint density at radius 2 is 2.00 bits per heavy atom. The van der Waals surface area contributed by atoms with E-state index in [0.717, 1.165) is 30.6 Å². The van der Waals surface area contributed by atoms with Crippen molar-refractivity contribution in [1.29, 1.82) is 0 Å². The summed E-state index contributed by atoms with van der Waals surface area (Å²) in [5.41, 5.74) is 9.55. The predicted octanol–water partition coefficient (Wildman–Crippen LogP) is 3.84. The van der Waals surface area contributed by atoms with Crippen molar-refractivity contribution < 1.29 is 0 Å². The van der Waals surface area contributed by atoms with E-state index in [-0.39, 0.29) is 0 Å². The van der Waals surface area contributed by atoms with Crippen LogP contribution < -0.4 is 10.6 Å². The highest BCUT2D eigenvalue weighted by Crippen LogP contribution is 2.30. The Kier molecular flexibility index (Phi) is 4.15. The van der Waals surface area contributed by atoms with Gasteiger partial charge in [0.05, 0.1) is 11.4 Å². The first-order valence-electron chi connectivity index (χ1n) is 7.19. The summed E-state index contributed by atoms with van der Waals surface area (Å²) in [7, 11) is 0. The third-order valence-electron chi connectivity index (χ3n) is 4.24. The zero-order chi connectivity index (χ0) is 13.1. The smallest absolute Gasteiger partial charge is 0.0600 e. The second-order valence-electron chi connectivity index (χ2n) is 5.98. The maximum absolute atomic E-state index is 6.16. The van der Waals surface area contributed by atoms with E-state index in [1.807, 2.05) is 0 Å². The number of aryl methyl sites for hydroxylation is 1. The summed E-state index contributed by atoms with van der Waals surface area (Å²) >= 11 is 0. The molecular formula is C16H26N2. The van der Waals surface area contributed by atoms with Crippen LogP contribution in [0, 0.1) is 18.8 Å². The average molecular weight is 246 g/mol. The standard InChI is InChI=1S/C16H26N2/c1-12(2)14-5-4-9-18(10-8-14)16-7-6-13(3)11-15(16)17/h6-7,11-12,14H,4-5,8-10,17H2,1-3H3. The van der Waals surface area contributed by atoms with Crippen LogP contribution in [-0.4, -0.2) is 13.1 Å². The molecule has 2 nitrogen and oxygen atoms in total. The molecule has 1 aromatic carbocycles. The summed E-state index contributed by atoms with van der Waals surface area (Å²) in [6, 6.07) is 6.43. The molecule has 1 saturated heterocycles. The van der Waals surface area contributed by atoms with Crippen LogP contribution in [0.5, 0.6) is 0 Å². The molecule has 1 unspecified atom stereocenters. The molecule has 100 valence electrons. The van der Waals surface area contributed by atoms with Crippen molar-refractivity contribution in [1.82, 2.24) is 0 Å². The lowest BCUT2D eigenvalue weighted by Gasteiger charge is -2.25. The molecule has 0 bridgehead atoms. The molecule has 1 aromatic rings. The zero-order valence-electron chi connectivity index (χ0n) is 11.9. The minimum Gasteiger partial charge on any atom is -0.397 e. The van der Waals surface area contributed by atoms with E-state index in [1.165, 1.54) is 30.5 Å². The molecule has 2 heteroatoms. The first kappa shape index (κ1) is 13.3. The molecule has 1 atom stereocenters. The summed E-state index contributed by atoms with van der Waals surface area (Å²) in [6.07, 6.45) is 3.95. The van der Waals surface area contributed by atoms with Gasteiger partial charge in [-0.15, -0.1) is 0 Å². The molecule has 1 heterocycles. The highest BCUT2D eigenvalue weighted by Gasteiger charge is 2.20. The van der Waals surface area contributed by atoms with Gasteiger partial charge in [-0.25, -0.2) is 0 Å². The third-order valence-corrected chi connectivity index (χ3v) is 4.24. The summed E-state index contributed by atoms with van der Waals surface area (Å²) in [5, 5.41) is 0. The van der Waals surface area contributed by atoms with Crippen LogP contribution in [-0.2, 0) is 0 Å². The number of nitrogens with two attached hydrogens (primary N) is 1. The highest BCUT2D eigenvalue weighted by molar-refractivity contribution is 5.68. The van der Waals surface area contributed by atoms with Crippen molar-refractivity contribution in [2.75, 3.05) is 23.7 Å². The van der Waals surface area contributed by atoms with Gasteiger partial charge in [0.15, 0.2) is 0 Å². The Bertz CT molecular complexity index is 398. The second kappa shape index (κ2) is 5.64. The fourth-order valence-corrected chi connectivity index (χ4v) is 2.99. The van der Waals surface area contributed by atoms with Gasteiger partial charge in [-0.05, 0) is 55.7 Å². The van der Waals surface area contributed by atoms with Crippen LogP contribution in [0.15, 0.2) is 18.2 Å². The van der Waals surface area contributed by atoms with Gasteiger partial charge in [0, 0.05) is 13.1 Å². The summed E-state index contributed by atoms with van der Waals surface area (Å²) in [4.78, 5) is 2.47. The molecule has 2 rings (SSSR count). The fourth-order valence-electron chi connectivity index (χ4n) is 2.99. The number of nitrogen functional groups attached to an aromatic ring is 1. The van der Waals surface area contributed by atoms with E-state index in [4.69, 9.17) is 5.73 Å². The van der Waals surface area contributed by atoms with Gasteiger partial charge in [-0.3, -0.25) is 0 Å². The molecule has 18 heavy (non-hydrogen) atoms. The molecule has 0 aliphatic carbocycles. The predicted molar refractivity (Wildman–Crippen MR) is 80.0 cm³/mol. The van der Waals surface area contributed by atoms with Crippen molar-refractivity contribution in [2.24, 2.45) is 11.8 Å². The van der Waals surface area contributed by atoms with E-state index in [0.29, 0.717) is 0 Å². The summed E-state index contributed by atoms with van der Waals surface area (Å²) in [5.74, 6) is 1.68. The zero-order valence-corrected chi connectivity index (χ0v) is 11.9. The van der Waals surface area contributed by atoms with E-state index >= 15 is 0 Å². The largest absolute Gasteiger partial charge is 0.397 e. The molecule has 0 amide bonds. The molecule has 0 radical (unpaired) electrons. The maximum Gasteiger partial charge on any atom is 0.0600 e. The lowest BCUT2D eigenvalue weighted by molar-refractivity contribution is 0.351. The fraction of sp³-hybridized carbons (Fsp3) is 0.625. The molecule has 2 N–H and O–H groups in total. The summed E-state index contributed by atoms with van der Waals surface area (Å²) < 4.78 is 0. The number of anilines is 2. The number of hydrogen-bond acceptors (Lipinski definition) is 2. The first-order valence-corrected chi connectivity index (χ1v) is 7.19. The first-order chi connectivity index (χ1) is 8.58. The molecule has 1 fully saturated rings. The molecule has 1 aliphatic heterocycles. The van der Waals surface area contributed by atoms with Gasteiger partial charge < -0.3 is 10.6 Å². The molecule has 0 spiro atoms. The molecule has 0 aromatic heterocycles. The van der Waals surface area contributed by atoms with Gasteiger partial charge >= 0.3 is 0 Å². The van der Waals surface area contributed by atoms with Gasteiger partial charge in [0.2, 0.25) is 0 Å². The van der Waals surface area contributed by atoms with Crippen LogP contribution in [0.2, 0.25) is 0 Å². The Labute approximate surface area is 111 Å². The SMILES string of the molecule is Cc1ccc(N2CCCC(C(C)C)CC2)c(N)c1. The normalized spacial score (nSPS) is 21.1. The van der Waals surface area contributed by atoms with Crippen molar-refractivity contribution in [3.63, 3.8) is 0 Å². The van der Waals surface area contributed by atoms with Gasteiger partial charge in [0.25, 0.3) is 0 Å². The Hall–Kier alpha value is -1.18. The average Bonchev–Trinajstić information content (AvgIpc) is 2.54. The van der Waals surface area contributed by atoms with Crippen LogP contribution in [0.1, 0.15) is 38.7 Å². The lowest BCUT2D eigenvalue weighted by atomic mass is 9.89. The third kappa shape index (κ3) is 2.98. The van der Waals surface area contributed by atoms with E-state index < -0.39 is 0 Å².